The Morgan fingerprint density at radius 2 is 1.94 bits per heavy atom. The van der Waals surface area contributed by atoms with Crippen molar-refractivity contribution in [3.8, 4) is 0 Å². The van der Waals surface area contributed by atoms with Gasteiger partial charge in [-0.15, -0.1) is 11.3 Å². The summed E-state index contributed by atoms with van der Waals surface area (Å²) < 4.78 is 7.88. The second-order valence-corrected chi connectivity index (χ2v) is 6.79. The van der Waals surface area contributed by atoms with E-state index in [1.54, 1.807) is 11.3 Å². The first-order valence-corrected chi connectivity index (χ1v) is 7.21. The summed E-state index contributed by atoms with van der Waals surface area (Å²) in [7, 11) is 0. The van der Waals surface area contributed by atoms with Crippen LogP contribution in [0.1, 0.15) is 10.4 Å². The summed E-state index contributed by atoms with van der Waals surface area (Å²) in [5, 5.41) is 0. The molecule has 1 nitrogen and oxygen atoms in total. The van der Waals surface area contributed by atoms with Crippen LogP contribution < -0.4 is 0 Å². The number of thiophene rings is 1. The maximum atomic E-state index is 5.64. The minimum absolute atomic E-state index is 0.648. The van der Waals surface area contributed by atoms with Crippen molar-refractivity contribution in [1.29, 1.82) is 0 Å². The number of hydrogen-bond acceptors (Lipinski definition) is 2. The van der Waals surface area contributed by atoms with Crippen molar-refractivity contribution in [2.24, 2.45) is 0 Å². The van der Waals surface area contributed by atoms with E-state index in [1.807, 2.05) is 18.2 Å². The van der Waals surface area contributed by atoms with Crippen molar-refractivity contribution in [2.75, 3.05) is 0 Å². The van der Waals surface area contributed by atoms with Crippen molar-refractivity contribution in [3.05, 3.63) is 55.1 Å². The third-order valence-corrected chi connectivity index (χ3v) is 4.12. The molecule has 0 aliphatic rings. The first kappa shape index (κ1) is 12.3. The highest BCUT2D eigenvalue weighted by Gasteiger charge is 1.99. The molecule has 0 saturated heterocycles. The maximum Gasteiger partial charge on any atom is 0.0814 e. The number of halogens is 2. The molecule has 1 aromatic carbocycles. The van der Waals surface area contributed by atoms with Crippen LogP contribution in [-0.2, 0) is 18.0 Å². The van der Waals surface area contributed by atoms with Crippen LogP contribution in [0.25, 0.3) is 0 Å². The summed E-state index contributed by atoms with van der Waals surface area (Å²) in [6, 6.07) is 12.3. The Kier molecular flexibility index (Phi) is 4.58. The third-order valence-electron chi connectivity index (χ3n) is 2.03. The second-order valence-electron chi connectivity index (χ2n) is 3.33. The Bertz CT molecular complexity index is 468. The standard InChI is InChI=1S/C12H10Br2OS/c13-10-3-1-2-9(6-10)7-15-8-11-4-5-12(14)16-11/h1-6H,7-8H2. The van der Waals surface area contributed by atoms with Gasteiger partial charge >= 0.3 is 0 Å². The predicted molar refractivity (Wildman–Crippen MR) is 74.7 cm³/mol. The fraction of sp³-hybridized carbons (Fsp3) is 0.167. The van der Waals surface area contributed by atoms with Gasteiger partial charge < -0.3 is 4.74 Å². The van der Waals surface area contributed by atoms with Gasteiger partial charge in [-0.05, 0) is 45.8 Å². The van der Waals surface area contributed by atoms with Crippen LogP contribution in [0, 0.1) is 0 Å². The molecule has 0 unspecified atom stereocenters. The van der Waals surface area contributed by atoms with E-state index < -0.39 is 0 Å². The van der Waals surface area contributed by atoms with Crippen molar-refractivity contribution in [2.45, 2.75) is 13.2 Å². The lowest BCUT2D eigenvalue weighted by Gasteiger charge is -2.03. The van der Waals surface area contributed by atoms with Gasteiger partial charge in [0.2, 0.25) is 0 Å². The smallest absolute Gasteiger partial charge is 0.0814 e. The second kappa shape index (κ2) is 5.96. The molecule has 0 N–H and O–H groups in total. The molecule has 1 heterocycles. The molecule has 0 spiro atoms. The molecule has 0 aliphatic carbocycles. The summed E-state index contributed by atoms with van der Waals surface area (Å²) in [6.07, 6.45) is 0. The molecule has 4 heteroatoms. The van der Waals surface area contributed by atoms with Gasteiger partial charge in [0.25, 0.3) is 0 Å². The lowest BCUT2D eigenvalue weighted by Crippen LogP contribution is -1.92. The Morgan fingerprint density at radius 1 is 1.06 bits per heavy atom. The van der Waals surface area contributed by atoms with Gasteiger partial charge in [-0.3, -0.25) is 0 Å². The normalized spacial score (nSPS) is 10.6. The molecule has 0 fully saturated rings. The minimum Gasteiger partial charge on any atom is -0.371 e. The van der Waals surface area contributed by atoms with Crippen molar-refractivity contribution in [3.63, 3.8) is 0 Å². The molecule has 0 atom stereocenters. The molecule has 84 valence electrons. The van der Waals surface area contributed by atoms with Crippen molar-refractivity contribution < 1.29 is 4.74 Å². The topological polar surface area (TPSA) is 9.23 Å². The van der Waals surface area contributed by atoms with Gasteiger partial charge in [-0.1, -0.05) is 28.1 Å². The molecule has 16 heavy (non-hydrogen) atoms. The van der Waals surface area contributed by atoms with Crippen molar-refractivity contribution >= 4 is 43.2 Å². The first-order valence-electron chi connectivity index (χ1n) is 4.80. The largest absolute Gasteiger partial charge is 0.371 e. The number of ether oxygens (including phenoxy) is 1. The first-order chi connectivity index (χ1) is 7.74. The van der Waals surface area contributed by atoms with Crippen LogP contribution in [0.3, 0.4) is 0 Å². The Balaban J connectivity index is 1.84. The van der Waals surface area contributed by atoms with Crippen LogP contribution >= 0.6 is 43.2 Å². The monoisotopic (exact) mass is 360 g/mol. The summed E-state index contributed by atoms with van der Waals surface area (Å²) in [5.74, 6) is 0. The van der Waals surface area contributed by atoms with E-state index in [0.29, 0.717) is 13.2 Å². The fourth-order valence-corrected chi connectivity index (χ4v) is 3.19. The van der Waals surface area contributed by atoms with E-state index in [0.717, 1.165) is 8.26 Å². The van der Waals surface area contributed by atoms with Crippen LogP contribution in [0.15, 0.2) is 44.7 Å². The fourth-order valence-electron chi connectivity index (χ4n) is 1.33. The number of hydrogen-bond donors (Lipinski definition) is 0. The Morgan fingerprint density at radius 3 is 2.62 bits per heavy atom. The number of benzene rings is 1. The molecule has 0 amide bonds. The highest BCUT2D eigenvalue weighted by Crippen LogP contribution is 2.23. The molecule has 0 bridgehead atoms. The zero-order valence-electron chi connectivity index (χ0n) is 8.45. The molecule has 0 saturated carbocycles. The Hall–Kier alpha value is -0.160. The zero-order valence-corrected chi connectivity index (χ0v) is 12.4. The molecule has 0 radical (unpaired) electrons. The van der Waals surface area contributed by atoms with Crippen LogP contribution in [0.2, 0.25) is 0 Å². The predicted octanol–water partition coefficient (Wildman–Crippen LogP) is 4.99. The quantitative estimate of drug-likeness (QED) is 0.745. The minimum atomic E-state index is 0.648. The molecular weight excluding hydrogens is 352 g/mol. The van der Waals surface area contributed by atoms with E-state index in [-0.39, 0.29) is 0 Å². The van der Waals surface area contributed by atoms with E-state index in [2.05, 4.69) is 50.1 Å². The molecule has 1 aromatic heterocycles. The van der Waals surface area contributed by atoms with Crippen LogP contribution in [-0.4, -0.2) is 0 Å². The number of rotatable bonds is 4. The highest BCUT2D eigenvalue weighted by atomic mass is 79.9. The average molecular weight is 362 g/mol. The van der Waals surface area contributed by atoms with Gasteiger partial charge in [-0.2, -0.15) is 0 Å². The summed E-state index contributed by atoms with van der Waals surface area (Å²) >= 11 is 8.59. The molecule has 2 aromatic rings. The molecule has 0 aliphatic heterocycles. The van der Waals surface area contributed by atoms with Gasteiger partial charge in [-0.25, -0.2) is 0 Å². The van der Waals surface area contributed by atoms with Gasteiger partial charge in [0.15, 0.2) is 0 Å². The van der Waals surface area contributed by atoms with Crippen LogP contribution in [0.5, 0.6) is 0 Å². The zero-order chi connectivity index (χ0) is 11.4. The van der Waals surface area contributed by atoms with E-state index in [4.69, 9.17) is 4.74 Å². The molecule has 2 rings (SSSR count). The van der Waals surface area contributed by atoms with Gasteiger partial charge in [0, 0.05) is 9.35 Å². The van der Waals surface area contributed by atoms with Crippen LogP contribution in [0.4, 0.5) is 0 Å². The summed E-state index contributed by atoms with van der Waals surface area (Å²) in [5.41, 5.74) is 1.19. The van der Waals surface area contributed by atoms with E-state index in [1.165, 1.54) is 10.4 Å². The highest BCUT2D eigenvalue weighted by molar-refractivity contribution is 9.11. The third kappa shape index (κ3) is 3.70. The average Bonchev–Trinajstić information content (AvgIpc) is 2.64. The summed E-state index contributed by atoms with van der Waals surface area (Å²) in [6.45, 7) is 1.32. The van der Waals surface area contributed by atoms with E-state index in [9.17, 15) is 0 Å². The van der Waals surface area contributed by atoms with Gasteiger partial charge in [0.05, 0.1) is 17.0 Å². The maximum absolute atomic E-state index is 5.64. The SMILES string of the molecule is Brc1cccc(COCc2ccc(Br)s2)c1. The lowest BCUT2D eigenvalue weighted by atomic mass is 10.2. The Labute approximate surface area is 116 Å². The van der Waals surface area contributed by atoms with E-state index >= 15 is 0 Å². The lowest BCUT2D eigenvalue weighted by molar-refractivity contribution is 0.109. The molecular formula is C12H10Br2OS. The summed E-state index contributed by atoms with van der Waals surface area (Å²) in [4.78, 5) is 1.24. The van der Waals surface area contributed by atoms with Crippen molar-refractivity contribution in [1.82, 2.24) is 0 Å². The van der Waals surface area contributed by atoms with Gasteiger partial charge in [0.1, 0.15) is 0 Å².